The minimum absolute atomic E-state index is 0.274. The molecule has 9 aromatic rings. The van der Waals surface area contributed by atoms with Crippen LogP contribution in [0.3, 0.4) is 0 Å². The molecule has 2 atom stereocenters. The molecule has 0 fully saturated rings. The second-order valence-corrected chi connectivity index (χ2v) is 15.2. The van der Waals surface area contributed by atoms with Crippen molar-refractivity contribution in [1.82, 2.24) is 24.9 Å². The Morgan fingerprint density at radius 2 is 0.677 bits per heavy atom. The molecule has 0 radical (unpaired) electrons. The highest BCUT2D eigenvalue weighted by Crippen LogP contribution is 2.49. The molecule has 7 heteroatoms. The molecule has 4 heterocycles. The Balaban J connectivity index is 0.943. The molecule has 1 aliphatic heterocycles. The van der Waals surface area contributed by atoms with Gasteiger partial charge in [-0.1, -0.05) is 121 Å². The number of allylic oxidation sites excluding steroid dienone is 2. The van der Waals surface area contributed by atoms with Crippen LogP contribution in [0.25, 0.3) is 89.8 Å². The molecule has 7 nitrogen and oxygen atoms in total. The first-order valence-electron chi connectivity index (χ1n) is 20.6. The lowest BCUT2D eigenvalue weighted by Crippen LogP contribution is -2.38. The van der Waals surface area contributed by atoms with Gasteiger partial charge in [0, 0.05) is 41.5 Å². The molecule has 294 valence electrons. The molecule has 62 heavy (non-hydrogen) atoms. The number of pyridine rings is 2. The van der Waals surface area contributed by atoms with Crippen LogP contribution in [0, 0.1) is 0 Å². The zero-order valence-electron chi connectivity index (χ0n) is 33.4. The van der Waals surface area contributed by atoms with E-state index in [4.69, 9.17) is 24.4 Å². The molecule has 0 saturated carbocycles. The molecular formula is C55H37N5O2. The van der Waals surface area contributed by atoms with Crippen molar-refractivity contribution in [3.63, 3.8) is 0 Å². The standard InChI is InChI=1S/C55H37N5O2/c1-3-9-42(10-4-1)53-58-54(43-11-5-2-6-12-43)60-55(59-53)48-24-23-47(51-52(48)62-50-14-8-7-13-49(50)61-51)41-21-19-37(20-22-41)36-15-17-38(18-16-36)44-33-45(39-25-29-56-30-26-39)35-46(34-44)40-27-31-57-32-28-40/h1-35,49-50H. The van der Waals surface area contributed by atoms with E-state index in [2.05, 4.69) is 82.8 Å². The van der Waals surface area contributed by atoms with Gasteiger partial charge in [0.1, 0.15) is 0 Å². The van der Waals surface area contributed by atoms with Gasteiger partial charge in [-0.3, -0.25) is 9.97 Å². The minimum atomic E-state index is -0.295. The zero-order valence-corrected chi connectivity index (χ0v) is 33.4. The van der Waals surface area contributed by atoms with Crippen molar-refractivity contribution in [1.29, 1.82) is 0 Å². The molecule has 0 saturated heterocycles. The highest BCUT2D eigenvalue weighted by molar-refractivity contribution is 5.85. The summed E-state index contributed by atoms with van der Waals surface area (Å²) >= 11 is 0. The fourth-order valence-electron chi connectivity index (χ4n) is 8.09. The number of hydrogen-bond acceptors (Lipinski definition) is 7. The predicted octanol–water partition coefficient (Wildman–Crippen LogP) is 12.6. The summed E-state index contributed by atoms with van der Waals surface area (Å²) in [7, 11) is 0. The van der Waals surface area contributed by atoms with E-state index in [1.807, 2.05) is 140 Å². The van der Waals surface area contributed by atoms with Gasteiger partial charge < -0.3 is 9.47 Å². The summed E-state index contributed by atoms with van der Waals surface area (Å²) in [5.41, 5.74) is 13.5. The first-order chi connectivity index (χ1) is 30.7. The van der Waals surface area contributed by atoms with Crippen molar-refractivity contribution in [3.8, 4) is 101 Å². The average Bonchev–Trinajstić information content (AvgIpc) is 3.36. The summed E-state index contributed by atoms with van der Waals surface area (Å²) in [5, 5.41) is 0. The molecule has 0 bridgehead atoms. The minimum Gasteiger partial charge on any atom is -0.478 e. The van der Waals surface area contributed by atoms with Gasteiger partial charge >= 0.3 is 0 Å². The van der Waals surface area contributed by atoms with Crippen LogP contribution in [0.15, 0.2) is 213 Å². The smallest absolute Gasteiger partial charge is 0.174 e. The van der Waals surface area contributed by atoms with E-state index in [0.29, 0.717) is 29.0 Å². The van der Waals surface area contributed by atoms with Crippen molar-refractivity contribution in [2.24, 2.45) is 0 Å². The predicted molar refractivity (Wildman–Crippen MR) is 246 cm³/mol. The maximum Gasteiger partial charge on any atom is 0.174 e. The first kappa shape index (κ1) is 36.8. The molecule has 0 N–H and O–H groups in total. The molecule has 11 rings (SSSR count). The van der Waals surface area contributed by atoms with E-state index in [9.17, 15) is 0 Å². The van der Waals surface area contributed by atoms with Crippen LogP contribution < -0.4 is 9.47 Å². The van der Waals surface area contributed by atoms with Crippen LogP contribution in [0.1, 0.15) is 0 Å². The van der Waals surface area contributed by atoms with Gasteiger partial charge in [0.15, 0.2) is 41.2 Å². The normalized spacial score (nSPS) is 14.9. The Morgan fingerprint density at radius 1 is 0.306 bits per heavy atom. The van der Waals surface area contributed by atoms with Gasteiger partial charge in [-0.15, -0.1) is 0 Å². The van der Waals surface area contributed by atoms with Gasteiger partial charge in [0.2, 0.25) is 0 Å². The number of hydrogen-bond donors (Lipinski definition) is 0. The van der Waals surface area contributed by atoms with E-state index in [1.165, 1.54) is 0 Å². The van der Waals surface area contributed by atoms with Crippen molar-refractivity contribution in [3.05, 3.63) is 213 Å². The number of benzene rings is 6. The second-order valence-electron chi connectivity index (χ2n) is 15.2. The van der Waals surface area contributed by atoms with E-state index in [0.717, 1.165) is 72.3 Å². The lowest BCUT2D eigenvalue weighted by molar-refractivity contribution is 0.0769. The Labute approximate surface area is 359 Å². The third kappa shape index (κ3) is 7.22. The Hall–Kier alpha value is -8.29. The Bertz CT molecular complexity index is 2990. The number of ether oxygens (including phenoxy) is 2. The van der Waals surface area contributed by atoms with Gasteiger partial charge in [-0.2, -0.15) is 0 Å². The zero-order chi connectivity index (χ0) is 41.2. The quantitative estimate of drug-likeness (QED) is 0.151. The fourth-order valence-corrected chi connectivity index (χ4v) is 8.09. The third-order valence-electron chi connectivity index (χ3n) is 11.3. The van der Waals surface area contributed by atoms with Crippen molar-refractivity contribution < 1.29 is 9.47 Å². The maximum absolute atomic E-state index is 6.82. The Kier molecular flexibility index (Phi) is 9.52. The largest absolute Gasteiger partial charge is 0.478 e. The molecule has 2 unspecified atom stereocenters. The summed E-state index contributed by atoms with van der Waals surface area (Å²) in [6, 6.07) is 56.4. The number of aromatic nitrogens is 5. The number of rotatable bonds is 8. The first-order valence-corrected chi connectivity index (χ1v) is 20.6. The summed E-state index contributed by atoms with van der Waals surface area (Å²) < 4.78 is 13.6. The number of fused-ring (bicyclic) bond motifs is 2. The Morgan fingerprint density at radius 3 is 1.15 bits per heavy atom. The van der Waals surface area contributed by atoms with Gasteiger partial charge in [-0.25, -0.2) is 15.0 Å². The lowest BCUT2D eigenvalue weighted by Gasteiger charge is -2.34. The topological polar surface area (TPSA) is 82.9 Å². The monoisotopic (exact) mass is 799 g/mol. The van der Waals surface area contributed by atoms with Crippen LogP contribution in [-0.4, -0.2) is 37.1 Å². The highest BCUT2D eigenvalue weighted by Gasteiger charge is 2.34. The molecule has 0 spiro atoms. The second kappa shape index (κ2) is 16.0. The molecule has 1 aliphatic carbocycles. The van der Waals surface area contributed by atoms with Gasteiger partial charge in [-0.05, 0) is 117 Å². The van der Waals surface area contributed by atoms with Crippen molar-refractivity contribution in [2.75, 3.05) is 0 Å². The van der Waals surface area contributed by atoms with Gasteiger partial charge in [0.05, 0.1) is 5.56 Å². The van der Waals surface area contributed by atoms with Gasteiger partial charge in [0.25, 0.3) is 0 Å². The third-order valence-corrected chi connectivity index (χ3v) is 11.3. The molecule has 3 aromatic heterocycles. The molecular weight excluding hydrogens is 763 g/mol. The summed E-state index contributed by atoms with van der Waals surface area (Å²) in [5.74, 6) is 2.93. The average molecular weight is 800 g/mol. The molecule has 6 aromatic carbocycles. The van der Waals surface area contributed by atoms with E-state index >= 15 is 0 Å². The molecule has 2 aliphatic rings. The summed E-state index contributed by atoms with van der Waals surface area (Å²) in [4.78, 5) is 23.4. The summed E-state index contributed by atoms with van der Waals surface area (Å²) in [6.07, 6.45) is 14.8. The maximum atomic E-state index is 6.82. The highest BCUT2D eigenvalue weighted by atomic mass is 16.6. The van der Waals surface area contributed by atoms with Crippen LogP contribution in [-0.2, 0) is 0 Å². The van der Waals surface area contributed by atoms with Crippen molar-refractivity contribution in [2.45, 2.75) is 12.2 Å². The fraction of sp³-hybridized carbons (Fsp3) is 0.0364. The SMILES string of the molecule is C1=CC2Oc3c(-c4ccc(-c5ccc(-c6cc(-c7ccncc7)cc(-c7ccncc7)c6)cc5)cc4)ccc(-c4nc(-c5ccccc5)nc(-c5ccccc5)n4)c3OC2C=C1. The van der Waals surface area contributed by atoms with Crippen LogP contribution in [0.4, 0.5) is 0 Å². The lowest BCUT2D eigenvalue weighted by atomic mass is 9.93. The summed E-state index contributed by atoms with van der Waals surface area (Å²) in [6.45, 7) is 0. The molecule has 0 amide bonds. The number of nitrogens with zero attached hydrogens (tertiary/aromatic N) is 5. The van der Waals surface area contributed by atoms with E-state index in [1.54, 1.807) is 0 Å². The van der Waals surface area contributed by atoms with E-state index in [-0.39, 0.29) is 12.2 Å². The van der Waals surface area contributed by atoms with Crippen LogP contribution >= 0.6 is 0 Å². The van der Waals surface area contributed by atoms with E-state index < -0.39 is 0 Å². The van der Waals surface area contributed by atoms with Crippen molar-refractivity contribution >= 4 is 0 Å². The van der Waals surface area contributed by atoms with Crippen LogP contribution in [0.5, 0.6) is 11.5 Å². The van der Waals surface area contributed by atoms with Crippen LogP contribution in [0.2, 0.25) is 0 Å².